The van der Waals surface area contributed by atoms with Crippen molar-refractivity contribution in [1.82, 2.24) is 19.5 Å². The van der Waals surface area contributed by atoms with Crippen molar-refractivity contribution in [2.75, 3.05) is 24.8 Å². The van der Waals surface area contributed by atoms with Crippen molar-refractivity contribution in [3.05, 3.63) is 40.4 Å². The van der Waals surface area contributed by atoms with Crippen LogP contribution in [-0.2, 0) is 11.3 Å². The summed E-state index contributed by atoms with van der Waals surface area (Å²) in [6.07, 6.45) is 5.21. The maximum absolute atomic E-state index is 13.1. The molecule has 0 spiro atoms. The highest BCUT2D eigenvalue weighted by molar-refractivity contribution is 6.03. The van der Waals surface area contributed by atoms with Crippen LogP contribution in [-0.4, -0.2) is 44.9 Å². The van der Waals surface area contributed by atoms with Crippen LogP contribution in [0.15, 0.2) is 29.3 Å². The number of carbonyl (C=O) groups is 2. The minimum absolute atomic E-state index is 0.00711. The molecular formula is C22H24N6O5. The highest BCUT2D eigenvalue weighted by Crippen LogP contribution is 2.35. The summed E-state index contributed by atoms with van der Waals surface area (Å²) in [5.41, 5.74) is 5.47. The molecule has 3 N–H and O–H groups in total. The fraction of sp³-hybridized carbons (Fsp3) is 0.364. The van der Waals surface area contributed by atoms with E-state index in [2.05, 4.69) is 20.3 Å². The summed E-state index contributed by atoms with van der Waals surface area (Å²) in [6, 6.07) is 3.15. The molecule has 0 radical (unpaired) electrons. The minimum atomic E-state index is -0.555. The number of carbonyl (C=O) groups excluding carboxylic acids is 2. The smallest absolute Gasteiger partial charge is 0.262 e. The van der Waals surface area contributed by atoms with Crippen molar-refractivity contribution in [3.8, 4) is 11.5 Å². The fourth-order valence-electron chi connectivity index (χ4n) is 3.43. The van der Waals surface area contributed by atoms with E-state index >= 15 is 0 Å². The third kappa shape index (κ3) is 4.76. The van der Waals surface area contributed by atoms with Crippen molar-refractivity contribution in [2.45, 2.75) is 32.7 Å². The van der Waals surface area contributed by atoms with Gasteiger partial charge < -0.3 is 15.2 Å². The Hall–Kier alpha value is -4.02. The largest absolute Gasteiger partial charge is 0.491 e. The second kappa shape index (κ2) is 9.23. The van der Waals surface area contributed by atoms with Crippen molar-refractivity contribution < 1.29 is 19.1 Å². The molecule has 0 unspecified atom stereocenters. The predicted octanol–water partition coefficient (Wildman–Crippen LogP) is 1.80. The fourth-order valence-corrected chi connectivity index (χ4v) is 3.43. The number of ketones is 1. The van der Waals surface area contributed by atoms with Crippen molar-refractivity contribution in [1.29, 1.82) is 0 Å². The molecule has 2 heterocycles. The quantitative estimate of drug-likeness (QED) is 0.495. The van der Waals surface area contributed by atoms with E-state index in [-0.39, 0.29) is 53.2 Å². The topological polar surface area (TPSA) is 151 Å². The number of nitrogens with two attached hydrogens (primary N) is 1. The molecule has 2 aromatic heterocycles. The van der Waals surface area contributed by atoms with Gasteiger partial charge in [0.25, 0.3) is 11.5 Å². The standard InChI is InChI=1S/C22H24N6O5/c1-3-28-20(31)15-6-7-16(33-11-14(29)8-12-4-5-12)18(32-2)17(15)26-22(28)27-19(30)13-9-24-21(23)25-10-13/h6-7,9-10,12H,3-5,8,11H2,1-2H3,(H2,23,24,25)(H,26,27,30). The molecule has 0 bridgehead atoms. The molecule has 172 valence electrons. The Morgan fingerprint density at radius 3 is 2.61 bits per heavy atom. The van der Waals surface area contributed by atoms with Gasteiger partial charge in [0.05, 0.1) is 18.1 Å². The SMILES string of the molecule is CCn1c(NC(=O)c2cnc(N)nc2)nc2c(OC)c(OCC(=O)CC3CC3)ccc2c1=O. The van der Waals surface area contributed by atoms with Crippen LogP contribution in [0.5, 0.6) is 11.5 Å². The number of amides is 1. The van der Waals surface area contributed by atoms with E-state index in [1.807, 2.05) is 0 Å². The van der Waals surface area contributed by atoms with Crippen LogP contribution in [0.1, 0.15) is 36.5 Å². The third-order valence-corrected chi connectivity index (χ3v) is 5.33. The van der Waals surface area contributed by atoms with Crippen LogP contribution in [0.3, 0.4) is 0 Å². The van der Waals surface area contributed by atoms with Gasteiger partial charge in [-0.2, -0.15) is 0 Å². The number of benzene rings is 1. The van der Waals surface area contributed by atoms with Crippen LogP contribution in [0.2, 0.25) is 0 Å². The van der Waals surface area contributed by atoms with Gasteiger partial charge in [0.1, 0.15) is 12.1 Å². The summed E-state index contributed by atoms with van der Waals surface area (Å²) in [7, 11) is 1.42. The average molecular weight is 452 g/mol. The molecule has 0 aliphatic heterocycles. The minimum Gasteiger partial charge on any atom is -0.491 e. The monoisotopic (exact) mass is 452 g/mol. The molecule has 3 aromatic rings. The summed E-state index contributed by atoms with van der Waals surface area (Å²) in [5, 5.41) is 2.91. The molecule has 1 aromatic carbocycles. The van der Waals surface area contributed by atoms with Crippen LogP contribution in [0, 0.1) is 5.92 Å². The number of Topliss-reactive ketones (excluding diaryl/α,β-unsaturated/α-hetero) is 1. The number of anilines is 2. The second-order valence-corrected chi connectivity index (χ2v) is 7.74. The van der Waals surface area contributed by atoms with Crippen molar-refractivity contribution in [2.24, 2.45) is 5.92 Å². The van der Waals surface area contributed by atoms with Crippen LogP contribution < -0.4 is 26.1 Å². The first-order valence-electron chi connectivity index (χ1n) is 10.6. The summed E-state index contributed by atoms with van der Waals surface area (Å²) in [4.78, 5) is 49.9. The predicted molar refractivity (Wildman–Crippen MR) is 120 cm³/mol. The number of ether oxygens (including phenoxy) is 2. The summed E-state index contributed by atoms with van der Waals surface area (Å²) in [5.74, 6) is 0.475. The first kappa shape index (κ1) is 22.2. The normalized spacial score (nSPS) is 13.0. The zero-order valence-corrected chi connectivity index (χ0v) is 18.3. The molecule has 4 rings (SSSR count). The van der Waals surface area contributed by atoms with Gasteiger partial charge in [-0.25, -0.2) is 15.0 Å². The first-order valence-corrected chi connectivity index (χ1v) is 10.6. The Bertz CT molecular complexity index is 1270. The number of nitrogen functional groups attached to an aromatic ring is 1. The lowest BCUT2D eigenvalue weighted by Crippen LogP contribution is -2.27. The number of methoxy groups -OCH3 is 1. The van der Waals surface area contributed by atoms with E-state index in [1.54, 1.807) is 19.1 Å². The molecule has 33 heavy (non-hydrogen) atoms. The van der Waals surface area contributed by atoms with Gasteiger partial charge in [0, 0.05) is 25.4 Å². The van der Waals surface area contributed by atoms with Crippen LogP contribution in [0.4, 0.5) is 11.9 Å². The van der Waals surface area contributed by atoms with Crippen LogP contribution >= 0.6 is 0 Å². The van der Waals surface area contributed by atoms with E-state index < -0.39 is 5.91 Å². The van der Waals surface area contributed by atoms with E-state index in [0.717, 1.165) is 12.8 Å². The molecule has 1 saturated carbocycles. The Kier molecular flexibility index (Phi) is 6.20. The van der Waals surface area contributed by atoms with E-state index in [4.69, 9.17) is 15.2 Å². The van der Waals surface area contributed by atoms with Gasteiger partial charge in [-0.1, -0.05) is 0 Å². The Balaban J connectivity index is 1.68. The number of hydrogen-bond donors (Lipinski definition) is 2. The van der Waals surface area contributed by atoms with Gasteiger partial charge in [0.15, 0.2) is 17.3 Å². The van der Waals surface area contributed by atoms with E-state index in [1.165, 1.54) is 24.1 Å². The van der Waals surface area contributed by atoms with Crippen molar-refractivity contribution in [3.63, 3.8) is 0 Å². The highest BCUT2D eigenvalue weighted by atomic mass is 16.5. The van der Waals surface area contributed by atoms with Gasteiger partial charge in [-0.15, -0.1) is 0 Å². The lowest BCUT2D eigenvalue weighted by atomic mass is 10.2. The van der Waals surface area contributed by atoms with Gasteiger partial charge in [-0.05, 0) is 37.8 Å². The highest BCUT2D eigenvalue weighted by Gasteiger charge is 2.25. The van der Waals surface area contributed by atoms with E-state index in [0.29, 0.717) is 23.5 Å². The molecule has 1 aliphatic carbocycles. The molecule has 1 amide bonds. The molecular weight excluding hydrogens is 428 g/mol. The number of rotatable bonds is 9. The van der Waals surface area contributed by atoms with Gasteiger partial charge in [0.2, 0.25) is 11.9 Å². The number of nitrogens with zero attached hydrogens (tertiary/aromatic N) is 4. The number of fused-ring (bicyclic) bond motifs is 1. The Morgan fingerprint density at radius 1 is 1.24 bits per heavy atom. The average Bonchev–Trinajstić information content (AvgIpc) is 3.61. The molecule has 1 fully saturated rings. The van der Waals surface area contributed by atoms with Crippen LogP contribution in [0.25, 0.3) is 10.9 Å². The third-order valence-electron chi connectivity index (χ3n) is 5.33. The molecule has 1 aliphatic rings. The number of hydrogen-bond acceptors (Lipinski definition) is 9. The summed E-state index contributed by atoms with van der Waals surface area (Å²) >= 11 is 0. The lowest BCUT2D eigenvalue weighted by Gasteiger charge is -2.16. The maximum atomic E-state index is 13.1. The van der Waals surface area contributed by atoms with E-state index in [9.17, 15) is 14.4 Å². The first-order chi connectivity index (χ1) is 15.9. The molecule has 11 nitrogen and oxygen atoms in total. The van der Waals surface area contributed by atoms with Gasteiger partial charge >= 0.3 is 0 Å². The molecule has 0 saturated heterocycles. The van der Waals surface area contributed by atoms with Gasteiger partial charge in [-0.3, -0.25) is 24.3 Å². The van der Waals surface area contributed by atoms with Crippen molar-refractivity contribution >= 4 is 34.5 Å². The number of aromatic nitrogens is 4. The second-order valence-electron chi connectivity index (χ2n) is 7.74. The number of nitrogens with one attached hydrogen (secondary N) is 1. The maximum Gasteiger partial charge on any atom is 0.262 e. The zero-order chi connectivity index (χ0) is 23.5. The molecule has 0 atom stereocenters. The summed E-state index contributed by atoms with van der Waals surface area (Å²) in [6.45, 7) is 1.94. The lowest BCUT2D eigenvalue weighted by molar-refractivity contribution is -0.121. The zero-order valence-electron chi connectivity index (χ0n) is 18.3. The Labute approximate surface area is 189 Å². The Morgan fingerprint density at radius 2 is 1.97 bits per heavy atom. The summed E-state index contributed by atoms with van der Waals surface area (Å²) < 4.78 is 12.5. The molecule has 11 heteroatoms.